The van der Waals surface area contributed by atoms with Crippen molar-refractivity contribution in [1.82, 2.24) is 19.6 Å². The van der Waals surface area contributed by atoms with Crippen LogP contribution in [0.25, 0.3) is 5.78 Å². The highest BCUT2D eigenvalue weighted by atomic mass is 19.4. The number of hydrogen-bond donors (Lipinski definition) is 1. The lowest BCUT2D eigenvalue weighted by molar-refractivity contribution is -0.274. The Morgan fingerprint density at radius 3 is 2.69 bits per heavy atom. The normalized spacial score (nSPS) is 11.6. The number of alkyl halides is 3. The molecular weight excluding hydrogens is 351 g/mol. The van der Waals surface area contributed by atoms with Gasteiger partial charge in [0.2, 0.25) is 5.91 Å². The van der Waals surface area contributed by atoms with Crippen LogP contribution in [0.1, 0.15) is 17.2 Å². The van der Waals surface area contributed by atoms with Gasteiger partial charge in [0.1, 0.15) is 0 Å². The summed E-state index contributed by atoms with van der Waals surface area (Å²) >= 11 is 0. The van der Waals surface area contributed by atoms with E-state index in [4.69, 9.17) is 0 Å². The fourth-order valence-electron chi connectivity index (χ4n) is 2.40. The minimum Gasteiger partial charge on any atom is -0.404 e. The number of nitrogens with zero attached hydrogens (tertiary/aromatic N) is 4. The van der Waals surface area contributed by atoms with Crippen molar-refractivity contribution in [3.8, 4) is 5.75 Å². The number of benzene rings is 1. The number of aromatic nitrogens is 4. The second kappa shape index (κ2) is 6.62. The number of hydrogen-bond acceptors (Lipinski definition) is 5. The molecule has 0 radical (unpaired) electrons. The minimum absolute atomic E-state index is 0.0938. The van der Waals surface area contributed by atoms with E-state index in [1.807, 2.05) is 19.9 Å². The summed E-state index contributed by atoms with van der Waals surface area (Å²) in [6.45, 7) is 3.64. The average molecular weight is 365 g/mol. The highest BCUT2D eigenvalue weighted by molar-refractivity contribution is 5.93. The highest BCUT2D eigenvalue weighted by Gasteiger charge is 2.32. The van der Waals surface area contributed by atoms with E-state index in [2.05, 4.69) is 25.1 Å². The third-order valence-electron chi connectivity index (χ3n) is 3.37. The number of rotatable bonds is 4. The third-order valence-corrected chi connectivity index (χ3v) is 3.37. The number of aryl methyl sites for hydroxylation is 2. The number of halogens is 3. The topological polar surface area (TPSA) is 81.4 Å². The Balaban J connectivity index is 1.77. The maximum absolute atomic E-state index is 12.4. The second-order valence-corrected chi connectivity index (χ2v) is 5.55. The number of ether oxygens (including phenoxy) is 1. The number of fused-ring (bicyclic) bond motifs is 1. The van der Waals surface area contributed by atoms with E-state index in [0.29, 0.717) is 5.78 Å². The molecule has 0 bridgehead atoms. The summed E-state index contributed by atoms with van der Waals surface area (Å²) < 4.78 is 42.7. The predicted octanol–water partition coefficient (Wildman–Crippen LogP) is 2.82. The second-order valence-electron chi connectivity index (χ2n) is 5.55. The Kier molecular flexibility index (Phi) is 4.49. The Bertz CT molecular complexity index is 968. The van der Waals surface area contributed by atoms with Gasteiger partial charge in [0.05, 0.1) is 12.1 Å². The van der Waals surface area contributed by atoms with Crippen molar-refractivity contribution in [1.29, 1.82) is 0 Å². The first-order chi connectivity index (χ1) is 12.2. The van der Waals surface area contributed by atoms with Gasteiger partial charge in [-0.2, -0.15) is 4.98 Å². The van der Waals surface area contributed by atoms with Crippen LogP contribution in [0, 0.1) is 13.8 Å². The number of nitrogens with one attached hydrogen (secondary N) is 1. The molecule has 26 heavy (non-hydrogen) atoms. The maximum Gasteiger partial charge on any atom is 0.573 e. The summed E-state index contributed by atoms with van der Waals surface area (Å²) in [6.07, 6.45) is -5.08. The van der Waals surface area contributed by atoms with E-state index in [1.165, 1.54) is 22.7 Å². The van der Waals surface area contributed by atoms with Crippen molar-refractivity contribution >= 4 is 17.4 Å². The smallest absolute Gasteiger partial charge is 0.404 e. The Morgan fingerprint density at radius 1 is 1.23 bits per heavy atom. The molecule has 0 saturated heterocycles. The van der Waals surface area contributed by atoms with Crippen LogP contribution in [-0.2, 0) is 11.2 Å². The van der Waals surface area contributed by atoms with Crippen molar-refractivity contribution in [3.63, 3.8) is 0 Å². The van der Waals surface area contributed by atoms with E-state index in [9.17, 15) is 18.0 Å². The summed E-state index contributed by atoms with van der Waals surface area (Å²) in [4.78, 5) is 20.6. The van der Waals surface area contributed by atoms with Gasteiger partial charge in [0.25, 0.3) is 5.78 Å². The Morgan fingerprint density at radius 2 is 1.96 bits per heavy atom. The van der Waals surface area contributed by atoms with E-state index in [1.54, 1.807) is 0 Å². The molecule has 3 aromatic rings. The van der Waals surface area contributed by atoms with Crippen LogP contribution in [-0.4, -0.2) is 31.9 Å². The highest BCUT2D eigenvalue weighted by Crippen LogP contribution is 2.29. The lowest BCUT2D eigenvalue weighted by Crippen LogP contribution is -2.20. The van der Waals surface area contributed by atoms with Crippen molar-refractivity contribution < 1.29 is 22.7 Å². The molecule has 1 N–H and O–H groups in total. The molecule has 0 aliphatic heterocycles. The van der Waals surface area contributed by atoms with Gasteiger partial charge in [0, 0.05) is 11.4 Å². The van der Waals surface area contributed by atoms with E-state index < -0.39 is 18.0 Å². The monoisotopic (exact) mass is 365 g/mol. The van der Waals surface area contributed by atoms with E-state index in [-0.39, 0.29) is 17.9 Å². The number of carbonyl (C=O) groups is 1. The molecule has 1 amide bonds. The van der Waals surface area contributed by atoms with Crippen LogP contribution in [0.2, 0.25) is 0 Å². The first kappa shape index (κ1) is 17.6. The quantitative estimate of drug-likeness (QED) is 0.769. The van der Waals surface area contributed by atoms with Crippen molar-refractivity contribution in [2.45, 2.75) is 26.6 Å². The summed E-state index contributed by atoms with van der Waals surface area (Å²) in [5, 5.41) is 6.57. The maximum atomic E-state index is 12.4. The lowest BCUT2D eigenvalue weighted by atomic mass is 10.2. The van der Waals surface area contributed by atoms with Gasteiger partial charge in [-0.1, -0.05) is 12.1 Å². The third kappa shape index (κ3) is 4.08. The zero-order valence-electron chi connectivity index (χ0n) is 13.8. The van der Waals surface area contributed by atoms with E-state index in [0.717, 1.165) is 17.5 Å². The molecule has 0 atom stereocenters. The number of amides is 1. The van der Waals surface area contributed by atoms with Gasteiger partial charge in [-0.05, 0) is 32.0 Å². The summed E-state index contributed by atoms with van der Waals surface area (Å²) in [6, 6.07) is 7.10. The molecule has 10 heteroatoms. The number of carbonyl (C=O) groups excluding carboxylic acids is 1. The summed E-state index contributed by atoms with van der Waals surface area (Å²) in [5.41, 5.74) is 1.47. The minimum atomic E-state index is -4.86. The van der Waals surface area contributed by atoms with Crippen LogP contribution in [0.15, 0.2) is 30.3 Å². The number of para-hydroxylation sites is 2. The largest absolute Gasteiger partial charge is 0.573 e. The van der Waals surface area contributed by atoms with Crippen LogP contribution < -0.4 is 10.1 Å². The molecule has 136 valence electrons. The first-order valence-corrected chi connectivity index (χ1v) is 7.56. The van der Waals surface area contributed by atoms with Crippen LogP contribution >= 0.6 is 0 Å². The zero-order chi connectivity index (χ0) is 18.9. The van der Waals surface area contributed by atoms with Crippen LogP contribution in [0.5, 0.6) is 5.75 Å². The van der Waals surface area contributed by atoms with Gasteiger partial charge in [0.15, 0.2) is 11.6 Å². The molecule has 0 saturated carbocycles. The van der Waals surface area contributed by atoms with Crippen LogP contribution in [0.4, 0.5) is 18.9 Å². The fraction of sp³-hybridized carbons (Fsp3) is 0.250. The Hall–Kier alpha value is -3.17. The summed E-state index contributed by atoms with van der Waals surface area (Å²) in [5.74, 6) is -0.512. The molecule has 0 spiro atoms. The van der Waals surface area contributed by atoms with E-state index >= 15 is 0 Å². The Labute approximate surface area is 145 Å². The molecule has 0 aliphatic carbocycles. The fourth-order valence-corrected chi connectivity index (χ4v) is 2.40. The number of anilines is 1. The standard InChI is InChI=1S/C16H14F3N5O2/c1-9-7-10(2)24-15(20-9)22-13(23-24)8-14(25)21-11-5-3-4-6-12(11)26-16(17,18)19/h3-7H,8H2,1-2H3,(H,21,25). The molecule has 7 nitrogen and oxygen atoms in total. The summed E-state index contributed by atoms with van der Waals surface area (Å²) in [7, 11) is 0. The van der Waals surface area contributed by atoms with Crippen molar-refractivity contribution in [3.05, 3.63) is 47.5 Å². The van der Waals surface area contributed by atoms with Gasteiger partial charge < -0.3 is 10.1 Å². The molecule has 2 aromatic heterocycles. The van der Waals surface area contributed by atoms with Crippen molar-refractivity contribution in [2.24, 2.45) is 0 Å². The van der Waals surface area contributed by atoms with Gasteiger partial charge in [-0.25, -0.2) is 9.50 Å². The molecule has 3 rings (SSSR count). The molecule has 0 fully saturated rings. The van der Waals surface area contributed by atoms with Gasteiger partial charge >= 0.3 is 6.36 Å². The predicted molar refractivity (Wildman–Crippen MR) is 85.7 cm³/mol. The molecule has 1 aromatic carbocycles. The molecular formula is C16H14F3N5O2. The lowest BCUT2D eigenvalue weighted by Gasteiger charge is -2.13. The molecule has 0 aliphatic rings. The van der Waals surface area contributed by atoms with Gasteiger partial charge in [-0.15, -0.1) is 18.3 Å². The van der Waals surface area contributed by atoms with Crippen molar-refractivity contribution in [2.75, 3.05) is 5.32 Å². The molecule has 2 heterocycles. The van der Waals surface area contributed by atoms with Gasteiger partial charge in [-0.3, -0.25) is 4.79 Å². The zero-order valence-corrected chi connectivity index (χ0v) is 13.8. The first-order valence-electron chi connectivity index (χ1n) is 7.56. The molecule has 0 unspecified atom stereocenters. The van der Waals surface area contributed by atoms with Crippen LogP contribution in [0.3, 0.4) is 0 Å². The average Bonchev–Trinajstić information content (AvgIpc) is 2.90. The SMILES string of the molecule is Cc1cc(C)n2nc(CC(=O)Nc3ccccc3OC(F)(F)F)nc2n1.